The number of aliphatic hydroxyl groups excluding tert-OH is 1. The molecule has 1 aliphatic carbocycles. The van der Waals surface area contributed by atoms with E-state index in [0.29, 0.717) is 17.9 Å². The number of phenolic OH excluding ortho intramolecular Hbond substituents is 1. The van der Waals surface area contributed by atoms with Crippen LogP contribution in [-0.4, -0.2) is 37.5 Å². The molecule has 2 fully saturated rings. The van der Waals surface area contributed by atoms with Crippen LogP contribution in [0.5, 0.6) is 5.75 Å². The number of benzene rings is 1. The second-order valence-electron chi connectivity index (χ2n) is 6.46. The van der Waals surface area contributed by atoms with Gasteiger partial charge >= 0.3 is 0 Å². The first-order valence-electron chi connectivity index (χ1n) is 8.45. The zero-order chi connectivity index (χ0) is 18.0. The molecule has 3 rings (SSSR count). The molecule has 0 spiro atoms. The molecule has 0 unspecified atom stereocenters. The van der Waals surface area contributed by atoms with E-state index in [1.807, 2.05) is 0 Å². The highest BCUT2D eigenvalue weighted by atomic mass is 32.2. The van der Waals surface area contributed by atoms with Gasteiger partial charge in [-0.25, -0.2) is 4.21 Å². The number of rotatable bonds is 2. The summed E-state index contributed by atoms with van der Waals surface area (Å²) in [5.74, 6) is -0.320. The van der Waals surface area contributed by atoms with Crippen molar-refractivity contribution in [3.05, 3.63) is 29.3 Å². The van der Waals surface area contributed by atoms with Gasteiger partial charge in [0, 0.05) is 29.9 Å². The maximum Gasteiger partial charge on any atom is 0.170 e. The number of carbonyl (C=O) groups is 2. The van der Waals surface area contributed by atoms with Crippen molar-refractivity contribution in [2.75, 3.05) is 11.5 Å². The Bertz CT molecular complexity index is 847. The molecule has 0 amide bonds. The van der Waals surface area contributed by atoms with E-state index < -0.39 is 15.5 Å². The fourth-order valence-corrected chi connectivity index (χ4v) is 5.37. The average molecular weight is 363 g/mol. The zero-order valence-corrected chi connectivity index (χ0v) is 14.7. The van der Waals surface area contributed by atoms with Crippen LogP contribution in [0.2, 0.25) is 0 Å². The van der Waals surface area contributed by atoms with Crippen LogP contribution in [0.4, 0.5) is 5.69 Å². The molecule has 1 aromatic carbocycles. The lowest BCUT2D eigenvalue weighted by Gasteiger charge is -2.16. The first-order valence-corrected chi connectivity index (χ1v) is 10.3. The monoisotopic (exact) mass is 363 g/mol. The van der Waals surface area contributed by atoms with E-state index >= 15 is 0 Å². The number of ketones is 2. The van der Waals surface area contributed by atoms with Gasteiger partial charge in [0.25, 0.3) is 0 Å². The Morgan fingerprint density at radius 1 is 1.00 bits per heavy atom. The van der Waals surface area contributed by atoms with Gasteiger partial charge in [-0.15, -0.1) is 0 Å². The predicted molar refractivity (Wildman–Crippen MR) is 95.3 cm³/mol. The van der Waals surface area contributed by atoms with Crippen LogP contribution in [0, 0.1) is 0 Å². The molecule has 0 radical (unpaired) electrons. The highest BCUT2D eigenvalue weighted by Gasteiger charge is 2.28. The first-order chi connectivity index (χ1) is 11.9. The highest BCUT2D eigenvalue weighted by Crippen LogP contribution is 2.33. The van der Waals surface area contributed by atoms with Crippen molar-refractivity contribution in [3.63, 3.8) is 0 Å². The van der Waals surface area contributed by atoms with Crippen LogP contribution in [0.15, 0.2) is 28.1 Å². The third-order valence-electron chi connectivity index (χ3n) is 4.54. The zero-order valence-electron chi connectivity index (χ0n) is 13.9. The normalized spacial score (nSPS) is 20.4. The lowest BCUT2D eigenvalue weighted by Crippen LogP contribution is -2.20. The van der Waals surface area contributed by atoms with Crippen molar-refractivity contribution in [2.24, 2.45) is 4.36 Å². The molecule has 25 heavy (non-hydrogen) atoms. The van der Waals surface area contributed by atoms with Gasteiger partial charge in [-0.2, -0.15) is 4.36 Å². The summed E-state index contributed by atoms with van der Waals surface area (Å²) in [7, 11) is -2.42. The SMILES string of the molecule is O=C1CCCC(=O)C1=C(O)c1ccc(O)c(N=S2(=O)CCCCC2)c1. The van der Waals surface area contributed by atoms with Crippen molar-refractivity contribution in [1.29, 1.82) is 0 Å². The third kappa shape index (κ3) is 3.76. The first kappa shape index (κ1) is 17.7. The van der Waals surface area contributed by atoms with Crippen molar-refractivity contribution in [1.82, 2.24) is 0 Å². The number of aromatic hydroxyl groups is 1. The van der Waals surface area contributed by atoms with E-state index in [9.17, 15) is 24.0 Å². The molecule has 1 saturated heterocycles. The van der Waals surface area contributed by atoms with Crippen LogP contribution >= 0.6 is 0 Å². The van der Waals surface area contributed by atoms with Gasteiger partial charge in [-0.1, -0.05) is 6.42 Å². The summed E-state index contributed by atoms with van der Waals surface area (Å²) in [5, 5.41) is 20.4. The van der Waals surface area contributed by atoms with Crippen LogP contribution < -0.4 is 0 Å². The number of aliphatic hydroxyl groups is 1. The Labute approximate surface area is 146 Å². The average Bonchev–Trinajstić information content (AvgIpc) is 2.57. The van der Waals surface area contributed by atoms with E-state index in [4.69, 9.17) is 0 Å². The van der Waals surface area contributed by atoms with E-state index in [1.165, 1.54) is 18.2 Å². The minimum absolute atomic E-state index is 0.118. The number of phenols is 1. The molecule has 1 saturated carbocycles. The van der Waals surface area contributed by atoms with E-state index in [0.717, 1.165) is 19.3 Å². The fraction of sp³-hybridized carbons (Fsp3) is 0.444. The molecular formula is C18H21NO5S. The molecule has 2 aliphatic rings. The van der Waals surface area contributed by atoms with E-state index in [-0.39, 0.29) is 47.0 Å². The Hall–Kier alpha value is -2.15. The lowest BCUT2D eigenvalue weighted by molar-refractivity contribution is -0.123. The van der Waals surface area contributed by atoms with Crippen molar-refractivity contribution in [2.45, 2.75) is 38.5 Å². The van der Waals surface area contributed by atoms with Gasteiger partial charge in [0.15, 0.2) is 11.6 Å². The van der Waals surface area contributed by atoms with Gasteiger partial charge in [0.1, 0.15) is 22.8 Å². The molecule has 0 aromatic heterocycles. The second kappa shape index (κ2) is 7.00. The summed E-state index contributed by atoms with van der Waals surface area (Å²) in [5.41, 5.74) is 0.144. The quantitative estimate of drug-likeness (QED) is 0.477. The summed E-state index contributed by atoms with van der Waals surface area (Å²) in [6.07, 6.45) is 3.65. The van der Waals surface area contributed by atoms with Crippen molar-refractivity contribution < 1.29 is 24.0 Å². The summed E-state index contributed by atoms with van der Waals surface area (Å²) in [6.45, 7) is 0. The predicted octanol–water partition coefficient (Wildman–Crippen LogP) is 3.27. The number of hydrogen-bond acceptors (Lipinski definition) is 6. The molecule has 1 aliphatic heterocycles. The molecule has 6 nitrogen and oxygen atoms in total. The van der Waals surface area contributed by atoms with Gasteiger partial charge in [-0.05, 0) is 37.5 Å². The number of carbonyl (C=O) groups excluding carboxylic acids is 2. The number of hydrogen-bond donors (Lipinski definition) is 2. The van der Waals surface area contributed by atoms with E-state index in [1.54, 1.807) is 0 Å². The van der Waals surface area contributed by atoms with Crippen molar-refractivity contribution >= 4 is 32.7 Å². The van der Waals surface area contributed by atoms with Crippen LogP contribution in [0.3, 0.4) is 0 Å². The Balaban J connectivity index is 2.05. The Morgan fingerprint density at radius 3 is 2.28 bits per heavy atom. The van der Waals surface area contributed by atoms with Gasteiger partial charge in [-0.3, -0.25) is 9.59 Å². The standard InChI is InChI=1S/C18H21NO5S/c20-14-8-7-12(18(23)17-15(21)5-4-6-16(17)22)11-13(14)19-25(24)9-2-1-3-10-25/h7-8,11,20,23H,1-6,9-10H2. The van der Waals surface area contributed by atoms with Crippen LogP contribution in [0.25, 0.3) is 5.76 Å². The van der Waals surface area contributed by atoms with E-state index in [2.05, 4.69) is 4.36 Å². The number of Topliss-reactive ketones (excluding diaryl/α,β-unsaturated/α-hetero) is 2. The summed E-state index contributed by atoms with van der Waals surface area (Å²) in [4.78, 5) is 24.0. The number of allylic oxidation sites excluding steroid dienone is 1. The minimum atomic E-state index is -2.42. The lowest BCUT2D eigenvalue weighted by atomic mass is 9.90. The molecule has 1 aromatic rings. The summed E-state index contributed by atoms with van der Waals surface area (Å²) < 4.78 is 17.0. The van der Waals surface area contributed by atoms with Gasteiger partial charge in [0.05, 0.1) is 9.73 Å². The smallest absolute Gasteiger partial charge is 0.170 e. The summed E-state index contributed by atoms with van der Waals surface area (Å²) in [6, 6.07) is 4.13. The molecule has 134 valence electrons. The van der Waals surface area contributed by atoms with Crippen LogP contribution in [0.1, 0.15) is 44.1 Å². The second-order valence-corrected chi connectivity index (χ2v) is 9.00. The number of nitrogens with zero attached hydrogens (tertiary/aromatic N) is 1. The maximum absolute atomic E-state index is 12.8. The minimum Gasteiger partial charge on any atom is -0.506 e. The van der Waals surface area contributed by atoms with Gasteiger partial charge in [0.2, 0.25) is 0 Å². The maximum atomic E-state index is 12.8. The summed E-state index contributed by atoms with van der Waals surface area (Å²) >= 11 is 0. The highest BCUT2D eigenvalue weighted by molar-refractivity contribution is 7.93. The topological polar surface area (TPSA) is 104 Å². The van der Waals surface area contributed by atoms with Crippen molar-refractivity contribution in [3.8, 4) is 5.75 Å². The Kier molecular flexibility index (Phi) is 4.94. The molecule has 0 bridgehead atoms. The van der Waals surface area contributed by atoms with Gasteiger partial charge < -0.3 is 10.2 Å². The van der Waals surface area contributed by atoms with Crippen LogP contribution in [-0.2, 0) is 19.3 Å². The Morgan fingerprint density at radius 2 is 1.64 bits per heavy atom. The third-order valence-corrected chi connectivity index (χ3v) is 6.92. The molecular weight excluding hydrogens is 342 g/mol. The fourth-order valence-electron chi connectivity index (χ4n) is 3.17. The largest absolute Gasteiger partial charge is 0.506 e. The molecule has 7 heteroatoms. The molecule has 1 heterocycles. The molecule has 0 atom stereocenters. The molecule has 2 N–H and O–H groups in total.